The number of hydrogen-bond donors (Lipinski definition) is 0. The Balaban J connectivity index is 1.91. The number of aromatic nitrogens is 6. The van der Waals surface area contributed by atoms with Crippen molar-refractivity contribution in [2.45, 2.75) is 26.4 Å². The molecular weight excluding hydrogens is 330 g/mol. The molecule has 0 bridgehead atoms. The molecule has 11 nitrogen and oxygen atoms in total. The van der Waals surface area contributed by atoms with Crippen molar-refractivity contribution in [3.63, 3.8) is 0 Å². The molecule has 11 heteroatoms. The lowest BCUT2D eigenvalue weighted by Crippen LogP contribution is -2.39. The minimum atomic E-state index is -0.507. The lowest BCUT2D eigenvalue weighted by atomic mass is 10.4. The van der Waals surface area contributed by atoms with E-state index in [1.165, 1.54) is 21.7 Å². The van der Waals surface area contributed by atoms with Crippen LogP contribution in [0, 0.1) is 17.0 Å². The van der Waals surface area contributed by atoms with Gasteiger partial charge in [-0.15, -0.1) is 0 Å². The SMILES string of the molecule is Cc1ncc([N+](=O)[O-])n1CCCn1c(=O)c2c(ncn2C)n(C)c1=O. The normalized spacial score (nSPS) is 11.3. The van der Waals surface area contributed by atoms with Crippen LogP contribution in [0.15, 0.2) is 22.1 Å². The average Bonchev–Trinajstić information content (AvgIpc) is 3.12. The molecule has 0 aromatic carbocycles. The van der Waals surface area contributed by atoms with E-state index in [0.717, 1.165) is 4.57 Å². The zero-order valence-electron chi connectivity index (χ0n) is 14.0. The fourth-order valence-electron chi connectivity index (χ4n) is 2.86. The van der Waals surface area contributed by atoms with Crippen LogP contribution in [0.5, 0.6) is 0 Å². The molecule has 0 amide bonds. The van der Waals surface area contributed by atoms with E-state index in [1.807, 2.05) is 0 Å². The van der Waals surface area contributed by atoms with E-state index in [-0.39, 0.29) is 18.9 Å². The molecule has 0 aliphatic rings. The molecule has 0 atom stereocenters. The van der Waals surface area contributed by atoms with E-state index in [4.69, 9.17) is 0 Å². The molecule has 132 valence electrons. The highest BCUT2D eigenvalue weighted by atomic mass is 16.6. The van der Waals surface area contributed by atoms with Gasteiger partial charge in [-0.05, 0) is 4.92 Å². The zero-order valence-corrected chi connectivity index (χ0v) is 14.0. The number of nitro groups is 1. The lowest BCUT2D eigenvalue weighted by molar-refractivity contribution is -0.392. The third kappa shape index (κ3) is 2.62. The van der Waals surface area contributed by atoms with Gasteiger partial charge in [0.1, 0.15) is 6.20 Å². The van der Waals surface area contributed by atoms with Crippen molar-refractivity contribution < 1.29 is 4.92 Å². The van der Waals surface area contributed by atoms with E-state index in [9.17, 15) is 19.7 Å². The molecule has 3 aromatic rings. The molecule has 25 heavy (non-hydrogen) atoms. The van der Waals surface area contributed by atoms with E-state index in [0.29, 0.717) is 23.4 Å². The van der Waals surface area contributed by atoms with E-state index < -0.39 is 16.2 Å². The first-order chi connectivity index (χ1) is 11.8. The van der Waals surface area contributed by atoms with Crippen molar-refractivity contribution in [3.8, 4) is 0 Å². The number of imidazole rings is 2. The minimum absolute atomic E-state index is 0.111. The Kier molecular flexibility index (Phi) is 3.99. The fourth-order valence-corrected chi connectivity index (χ4v) is 2.86. The second-order valence-electron chi connectivity index (χ2n) is 5.75. The molecule has 0 aliphatic carbocycles. The molecule has 0 unspecified atom stereocenters. The van der Waals surface area contributed by atoms with Crippen molar-refractivity contribution in [3.05, 3.63) is 49.3 Å². The topological polar surface area (TPSA) is 123 Å². The second kappa shape index (κ2) is 6.00. The summed E-state index contributed by atoms with van der Waals surface area (Å²) in [5.74, 6) is 0.397. The molecule has 3 rings (SSSR count). The van der Waals surface area contributed by atoms with Crippen LogP contribution < -0.4 is 11.2 Å². The Hall–Kier alpha value is -3.24. The fraction of sp³-hybridized carbons (Fsp3) is 0.429. The van der Waals surface area contributed by atoms with Crippen LogP contribution in [-0.4, -0.2) is 33.2 Å². The maximum Gasteiger partial charge on any atom is 0.342 e. The van der Waals surface area contributed by atoms with Gasteiger partial charge in [-0.25, -0.2) is 19.3 Å². The van der Waals surface area contributed by atoms with Crippen LogP contribution in [0.4, 0.5) is 5.82 Å². The standard InChI is InChI=1S/C14H17N7O4/c1-9-15-7-10(21(24)25)19(9)5-4-6-20-13(22)11-12(16-8-17(11)2)18(3)14(20)23/h7-8H,4-6H2,1-3H3. The number of nitrogens with zero attached hydrogens (tertiary/aromatic N) is 7. The Morgan fingerprint density at radius 1 is 1.16 bits per heavy atom. The summed E-state index contributed by atoms with van der Waals surface area (Å²) in [4.78, 5) is 43.5. The van der Waals surface area contributed by atoms with Crippen molar-refractivity contribution >= 4 is 17.0 Å². The summed E-state index contributed by atoms with van der Waals surface area (Å²) in [6, 6.07) is 0. The second-order valence-corrected chi connectivity index (χ2v) is 5.75. The summed E-state index contributed by atoms with van der Waals surface area (Å²) < 4.78 is 5.47. The van der Waals surface area contributed by atoms with Crippen LogP contribution in [0.1, 0.15) is 12.2 Å². The summed E-state index contributed by atoms with van der Waals surface area (Å²) >= 11 is 0. The molecule has 0 radical (unpaired) electrons. The molecule has 0 N–H and O–H groups in total. The summed E-state index contributed by atoms with van der Waals surface area (Å²) in [5, 5.41) is 11.0. The van der Waals surface area contributed by atoms with E-state index in [1.54, 1.807) is 25.6 Å². The maximum absolute atomic E-state index is 12.6. The van der Waals surface area contributed by atoms with Gasteiger partial charge in [-0.3, -0.25) is 13.9 Å². The van der Waals surface area contributed by atoms with Crippen molar-refractivity contribution in [2.24, 2.45) is 14.1 Å². The Bertz CT molecular complexity index is 1090. The number of rotatable bonds is 5. The molecular formula is C14H17N7O4. The maximum atomic E-state index is 12.6. The number of hydrogen-bond acceptors (Lipinski definition) is 6. The predicted octanol–water partition coefficient (Wildman–Crippen LogP) is -0.0629. The summed E-state index contributed by atoms with van der Waals surface area (Å²) in [6.45, 7) is 2.09. The monoisotopic (exact) mass is 347 g/mol. The smallest absolute Gasteiger partial charge is 0.342 e. The molecule has 0 saturated carbocycles. The largest absolute Gasteiger partial charge is 0.358 e. The summed E-state index contributed by atoms with van der Waals surface area (Å²) in [7, 11) is 3.24. The van der Waals surface area contributed by atoms with Gasteiger partial charge in [-0.1, -0.05) is 0 Å². The van der Waals surface area contributed by atoms with E-state index >= 15 is 0 Å². The van der Waals surface area contributed by atoms with Crippen molar-refractivity contribution in [2.75, 3.05) is 0 Å². The lowest BCUT2D eigenvalue weighted by Gasteiger charge is -2.08. The van der Waals surface area contributed by atoms with Gasteiger partial charge in [-0.2, -0.15) is 0 Å². The average molecular weight is 347 g/mol. The van der Waals surface area contributed by atoms with Crippen molar-refractivity contribution in [1.82, 2.24) is 28.2 Å². The molecule has 3 heterocycles. The summed E-state index contributed by atoms with van der Waals surface area (Å²) in [6.07, 6.45) is 3.05. The quantitative estimate of drug-likeness (QED) is 0.470. The van der Waals surface area contributed by atoms with Gasteiger partial charge in [0.05, 0.1) is 12.9 Å². The highest BCUT2D eigenvalue weighted by molar-refractivity contribution is 5.69. The molecule has 0 saturated heterocycles. The van der Waals surface area contributed by atoms with Crippen LogP contribution in [-0.2, 0) is 27.2 Å². The zero-order chi connectivity index (χ0) is 18.3. The molecule has 0 spiro atoms. The van der Waals surface area contributed by atoms with Gasteiger partial charge in [0.2, 0.25) is 0 Å². The Labute approximate surface area is 140 Å². The number of aryl methyl sites for hydroxylation is 3. The van der Waals surface area contributed by atoms with Crippen LogP contribution in [0.3, 0.4) is 0 Å². The first kappa shape index (κ1) is 16.6. The Morgan fingerprint density at radius 3 is 2.52 bits per heavy atom. The van der Waals surface area contributed by atoms with Gasteiger partial charge < -0.3 is 14.7 Å². The third-order valence-corrected chi connectivity index (χ3v) is 4.19. The molecule has 0 fully saturated rings. The summed E-state index contributed by atoms with van der Waals surface area (Å²) in [5.41, 5.74) is -0.218. The number of fused-ring (bicyclic) bond motifs is 1. The van der Waals surface area contributed by atoms with Crippen LogP contribution in [0.2, 0.25) is 0 Å². The van der Waals surface area contributed by atoms with E-state index in [2.05, 4.69) is 9.97 Å². The highest BCUT2D eigenvalue weighted by Crippen LogP contribution is 2.14. The minimum Gasteiger partial charge on any atom is -0.358 e. The van der Waals surface area contributed by atoms with Crippen molar-refractivity contribution in [1.29, 1.82) is 0 Å². The first-order valence-corrected chi connectivity index (χ1v) is 7.60. The highest BCUT2D eigenvalue weighted by Gasteiger charge is 2.18. The van der Waals surface area contributed by atoms with Crippen LogP contribution in [0.25, 0.3) is 11.2 Å². The molecule has 3 aromatic heterocycles. The van der Waals surface area contributed by atoms with Gasteiger partial charge in [0, 0.05) is 34.0 Å². The van der Waals surface area contributed by atoms with Crippen LogP contribution >= 0.6 is 0 Å². The third-order valence-electron chi connectivity index (χ3n) is 4.19. The first-order valence-electron chi connectivity index (χ1n) is 7.60. The van der Waals surface area contributed by atoms with Gasteiger partial charge >= 0.3 is 11.5 Å². The predicted molar refractivity (Wildman–Crippen MR) is 88.5 cm³/mol. The Morgan fingerprint density at radius 2 is 1.84 bits per heavy atom. The van der Waals surface area contributed by atoms with Gasteiger partial charge in [0.15, 0.2) is 17.0 Å². The molecule has 0 aliphatic heterocycles. The van der Waals surface area contributed by atoms with Gasteiger partial charge in [0.25, 0.3) is 5.56 Å².